The lowest BCUT2D eigenvalue weighted by Gasteiger charge is -2.35. The maximum absolute atomic E-state index is 14.0. The van der Waals surface area contributed by atoms with Crippen LogP contribution in [0.5, 0.6) is 0 Å². The van der Waals surface area contributed by atoms with Crippen LogP contribution in [0.25, 0.3) is 0 Å². The zero-order chi connectivity index (χ0) is 16.9. The van der Waals surface area contributed by atoms with Crippen LogP contribution in [0.4, 0.5) is 14.9 Å². The zero-order valence-electron chi connectivity index (χ0n) is 14.2. The van der Waals surface area contributed by atoms with Crippen molar-refractivity contribution in [3.8, 4) is 0 Å². The minimum Gasteiger partial charge on any atom is -0.381 e. The Morgan fingerprint density at radius 1 is 1.42 bits per heavy atom. The van der Waals surface area contributed by atoms with Crippen molar-refractivity contribution < 1.29 is 13.9 Å². The Hall–Kier alpha value is -1.82. The number of rotatable bonds is 4. The number of urea groups is 1. The molecule has 0 saturated carbocycles. The first-order valence-electron chi connectivity index (χ1n) is 8.72. The van der Waals surface area contributed by atoms with Crippen LogP contribution in [-0.4, -0.2) is 56.9 Å². The highest BCUT2D eigenvalue weighted by molar-refractivity contribution is 5.74. The molecule has 1 N–H and O–H groups in total. The standard InChI is InChI=1S/C18H26FN3O2/c1-21(11-14-8-10-24-13-14)18(23)20-15-5-4-9-22(12-15)17-7-3-2-6-16(17)19/h2-3,6-7,14-15H,4-5,8-13H2,1H3,(H,20,23)/t14-,15-/m0/s1. The number of nitrogens with zero attached hydrogens (tertiary/aromatic N) is 2. The number of para-hydroxylation sites is 1. The van der Waals surface area contributed by atoms with Gasteiger partial charge in [-0.15, -0.1) is 0 Å². The van der Waals surface area contributed by atoms with E-state index in [9.17, 15) is 9.18 Å². The van der Waals surface area contributed by atoms with Crippen molar-refractivity contribution in [1.82, 2.24) is 10.2 Å². The van der Waals surface area contributed by atoms with Gasteiger partial charge in [-0.2, -0.15) is 0 Å². The average molecular weight is 335 g/mol. The second-order valence-corrected chi connectivity index (χ2v) is 6.80. The summed E-state index contributed by atoms with van der Waals surface area (Å²) in [5.41, 5.74) is 0.618. The molecule has 0 unspecified atom stereocenters. The summed E-state index contributed by atoms with van der Waals surface area (Å²) in [7, 11) is 1.82. The lowest BCUT2D eigenvalue weighted by molar-refractivity contribution is 0.170. The molecule has 5 nitrogen and oxygen atoms in total. The molecule has 0 bridgehead atoms. The third kappa shape index (κ3) is 4.17. The Labute approximate surface area is 142 Å². The second kappa shape index (κ2) is 7.83. The van der Waals surface area contributed by atoms with Gasteiger partial charge < -0.3 is 19.9 Å². The van der Waals surface area contributed by atoms with Crippen molar-refractivity contribution in [2.45, 2.75) is 25.3 Å². The molecule has 2 aliphatic rings. The van der Waals surface area contributed by atoms with E-state index >= 15 is 0 Å². The number of nitrogens with one attached hydrogen (secondary N) is 1. The third-order valence-corrected chi connectivity index (χ3v) is 4.84. The molecule has 132 valence electrons. The molecule has 1 aromatic carbocycles. The van der Waals surface area contributed by atoms with E-state index in [1.807, 2.05) is 18.0 Å². The zero-order valence-corrected chi connectivity index (χ0v) is 14.2. The average Bonchev–Trinajstić information content (AvgIpc) is 3.08. The molecule has 24 heavy (non-hydrogen) atoms. The highest BCUT2D eigenvalue weighted by atomic mass is 19.1. The van der Waals surface area contributed by atoms with Crippen LogP contribution in [0.2, 0.25) is 0 Å². The van der Waals surface area contributed by atoms with Crippen LogP contribution in [0, 0.1) is 11.7 Å². The molecule has 6 heteroatoms. The quantitative estimate of drug-likeness (QED) is 0.919. The molecule has 0 aromatic heterocycles. The van der Waals surface area contributed by atoms with Crippen molar-refractivity contribution in [1.29, 1.82) is 0 Å². The molecule has 0 spiro atoms. The fraction of sp³-hybridized carbons (Fsp3) is 0.611. The number of anilines is 1. The summed E-state index contributed by atoms with van der Waals surface area (Å²) >= 11 is 0. The van der Waals surface area contributed by atoms with Gasteiger partial charge in [-0.1, -0.05) is 12.1 Å². The van der Waals surface area contributed by atoms with Crippen molar-refractivity contribution >= 4 is 11.7 Å². The lowest BCUT2D eigenvalue weighted by Crippen LogP contribution is -2.51. The van der Waals surface area contributed by atoms with Gasteiger partial charge in [0.25, 0.3) is 0 Å². The van der Waals surface area contributed by atoms with Gasteiger partial charge in [0, 0.05) is 45.2 Å². The highest BCUT2D eigenvalue weighted by Gasteiger charge is 2.25. The Balaban J connectivity index is 1.53. The summed E-state index contributed by atoms with van der Waals surface area (Å²) < 4.78 is 19.3. The molecule has 2 saturated heterocycles. The largest absolute Gasteiger partial charge is 0.381 e. The van der Waals surface area contributed by atoms with Gasteiger partial charge in [0.05, 0.1) is 12.3 Å². The van der Waals surface area contributed by atoms with Crippen molar-refractivity contribution in [2.24, 2.45) is 5.92 Å². The summed E-state index contributed by atoms with van der Waals surface area (Å²) in [4.78, 5) is 16.2. The molecule has 2 fully saturated rings. The Morgan fingerprint density at radius 2 is 2.25 bits per heavy atom. The maximum Gasteiger partial charge on any atom is 0.317 e. The highest BCUT2D eigenvalue weighted by Crippen LogP contribution is 2.23. The lowest BCUT2D eigenvalue weighted by atomic mass is 10.0. The minimum atomic E-state index is -0.206. The van der Waals surface area contributed by atoms with E-state index in [1.165, 1.54) is 6.07 Å². The van der Waals surface area contributed by atoms with Crippen molar-refractivity contribution in [2.75, 3.05) is 44.8 Å². The van der Waals surface area contributed by atoms with Crippen LogP contribution in [-0.2, 0) is 4.74 Å². The van der Waals surface area contributed by atoms with E-state index in [-0.39, 0.29) is 17.9 Å². The Morgan fingerprint density at radius 3 is 3.00 bits per heavy atom. The molecule has 2 aliphatic heterocycles. The first kappa shape index (κ1) is 17.0. The molecule has 0 aliphatic carbocycles. The summed E-state index contributed by atoms with van der Waals surface area (Å²) in [6.07, 6.45) is 2.89. The molecule has 3 rings (SSSR count). The van der Waals surface area contributed by atoms with E-state index in [2.05, 4.69) is 5.32 Å². The smallest absolute Gasteiger partial charge is 0.317 e. The van der Waals surface area contributed by atoms with Crippen LogP contribution >= 0.6 is 0 Å². The van der Waals surface area contributed by atoms with E-state index in [0.29, 0.717) is 18.2 Å². The molecular formula is C18H26FN3O2. The van der Waals surface area contributed by atoms with E-state index < -0.39 is 0 Å². The number of hydrogen-bond acceptors (Lipinski definition) is 3. The topological polar surface area (TPSA) is 44.8 Å². The number of carbonyl (C=O) groups is 1. The molecule has 2 heterocycles. The van der Waals surface area contributed by atoms with Crippen molar-refractivity contribution in [3.63, 3.8) is 0 Å². The van der Waals surface area contributed by atoms with Gasteiger partial charge in [-0.3, -0.25) is 0 Å². The van der Waals surface area contributed by atoms with Gasteiger partial charge in [-0.25, -0.2) is 9.18 Å². The fourth-order valence-electron chi connectivity index (χ4n) is 3.50. The third-order valence-electron chi connectivity index (χ3n) is 4.84. The van der Waals surface area contributed by atoms with E-state index in [4.69, 9.17) is 4.74 Å². The number of benzene rings is 1. The fourth-order valence-corrected chi connectivity index (χ4v) is 3.50. The van der Waals surface area contributed by atoms with E-state index in [0.717, 1.165) is 45.6 Å². The monoisotopic (exact) mass is 335 g/mol. The summed E-state index contributed by atoms with van der Waals surface area (Å²) in [5, 5.41) is 3.09. The number of halogens is 1. The predicted molar refractivity (Wildman–Crippen MR) is 91.7 cm³/mol. The first-order chi connectivity index (χ1) is 11.6. The summed E-state index contributed by atoms with van der Waals surface area (Å²) in [6, 6.07) is 6.82. The molecular weight excluding hydrogens is 309 g/mol. The maximum atomic E-state index is 14.0. The minimum absolute atomic E-state index is 0.0492. The molecule has 1 aromatic rings. The normalized spacial score (nSPS) is 24.0. The molecule has 2 amide bonds. The van der Waals surface area contributed by atoms with Crippen LogP contribution in [0.15, 0.2) is 24.3 Å². The SMILES string of the molecule is CN(C[C@@H]1CCOC1)C(=O)N[C@H]1CCCN(c2ccccc2F)C1. The summed E-state index contributed by atoms with van der Waals surface area (Å²) in [6.45, 7) is 3.72. The van der Waals surface area contributed by atoms with Crippen LogP contribution < -0.4 is 10.2 Å². The number of carbonyl (C=O) groups excluding carboxylic acids is 1. The second-order valence-electron chi connectivity index (χ2n) is 6.80. The van der Waals surface area contributed by atoms with Gasteiger partial charge in [0.15, 0.2) is 0 Å². The van der Waals surface area contributed by atoms with Gasteiger partial charge in [-0.05, 0) is 31.4 Å². The number of hydrogen-bond donors (Lipinski definition) is 1. The Kier molecular flexibility index (Phi) is 5.56. The first-order valence-corrected chi connectivity index (χ1v) is 8.72. The number of piperidine rings is 1. The molecule has 0 radical (unpaired) electrons. The van der Waals surface area contributed by atoms with Gasteiger partial charge in [0.1, 0.15) is 5.82 Å². The number of ether oxygens (including phenoxy) is 1. The van der Waals surface area contributed by atoms with E-state index in [1.54, 1.807) is 17.0 Å². The predicted octanol–water partition coefficient (Wildman–Crippen LogP) is 2.47. The number of amides is 2. The van der Waals surface area contributed by atoms with Gasteiger partial charge >= 0.3 is 6.03 Å². The molecule has 2 atom stereocenters. The van der Waals surface area contributed by atoms with Gasteiger partial charge in [0.2, 0.25) is 0 Å². The Bertz CT molecular complexity index is 563. The van der Waals surface area contributed by atoms with Crippen LogP contribution in [0.3, 0.4) is 0 Å². The van der Waals surface area contributed by atoms with Crippen molar-refractivity contribution in [3.05, 3.63) is 30.1 Å². The van der Waals surface area contributed by atoms with Crippen LogP contribution in [0.1, 0.15) is 19.3 Å². The summed E-state index contributed by atoms with van der Waals surface area (Å²) in [5.74, 6) is 0.227.